The van der Waals surface area contributed by atoms with Gasteiger partial charge in [-0.3, -0.25) is 0 Å². The first-order valence-corrected chi connectivity index (χ1v) is 6.05. The average molecular weight is 232 g/mol. The van der Waals surface area contributed by atoms with Crippen molar-refractivity contribution in [3.05, 3.63) is 0 Å². The molecule has 1 fully saturated rings. The molecule has 1 aliphatic heterocycles. The maximum Gasteiger partial charge on any atom is 0.283 e. The zero-order valence-corrected chi connectivity index (χ0v) is 10.3. The van der Waals surface area contributed by atoms with Crippen LogP contribution in [-0.4, -0.2) is 37.9 Å². The first kappa shape index (κ1) is 13.9. The second-order valence-corrected chi connectivity index (χ2v) is 4.29. The number of rotatable bonds is 6. The van der Waals surface area contributed by atoms with Crippen molar-refractivity contribution in [2.24, 2.45) is 11.5 Å². The Hall–Kier alpha value is -0.200. The molecule has 1 aliphatic rings. The number of hydrogen-bond acceptors (Lipinski definition) is 5. The first-order chi connectivity index (χ1) is 7.62. The lowest BCUT2D eigenvalue weighted by Gasteiger charge is -2.39. The summed E-state index contributed by atoms with van der Waals surface area (Å²) in [4.78, 5) is 0. The van der Waals surface area contributed by atoms with Crippen LogP contribution in [-0.2, 0) is 14.2 Å². The number of hydrogen-bond donors (Lipinski definition) is 2. The minimum absolute atomic E-state index is 0.0246. The molecule has 1 heterocycles. The van der Waals surface area contributed by atoms with Crippen LogP contribution >= 0.6 is 0 Å². The van der Waals surface area contributed by atoms with E-state index in [9.17, 15) is 0 Å². The highest BCUT2D eigenvalue weighted by Gasteiger charge is 2.37. The molecule has 1 unspecified atom stereocenters. The van der Waals surface area contributed by atoms with Gasteiger partial charge in [-0.1, -0.05) is 13.8 Å². The quantitative estimate of drug-likeness (QED) is 0.700. The predicted octanol–water partition coefficient (Wildman–Crippen LogP) is 0.568. The highest BCUT2D eigenvalue weighted by atomic mass is 16.9. The lowest BCUT2D eigenvalue weighted by molar-refractivity contribution is -0.404. The summed E-state index contributed by atoms with van der Waals surface area (Å²) in [5.74, 6) is -0.919. The van der Waals surface area contributed by atoms with E-state index in [4.69, 9.17) is 25.7 Å². The molecule has 5 nitrogen and oxygen atoms in total. The molecule has 0 saturated carbocycles. The Kier molecular flexibility index (Phi) is 5.64. The Morgan fingerprint density at radius 1 is 1.38 bits per heavy atom. The Labute approximate surface area is 97.4 Å². The van der Waals surface area contributed by atoms with Gasteiger partial charge in [-0.15, -0.1) is 0 Å². The standard InChI is InChI=1S/C11H24N2O3/c1-3-5-11(14-6-9(12)4-2)15-7-10(13)8-16-11/h9-10H,3-8,12-13H2,1-2H3. The van der Waals surface area contributed by atoms with Crippen LogP contribution in [0.1, 0.15) is 33.1 Å². The van der Waals surface area contributed by atoms with E-state index in [1.807, 2.05) is 6.92 Å². The molecular weight excluding hydrogens is 208 g/mol. The summed E-state index contributed by atoms with van der Waals surface area (Å²) in [6, 6.07) is -0.0371. The highest BCUT2D eigenvalue weighted by molar-refractivity contribution is 4.71. The molecule has 96 valence electrons. The van der Waals surface area contributed by atoms with E-state index in [1.54, 1.807) is 0 Å². The van der Waals surface area contributed by atoms with Crippen molar-refractivity contribution >= 4 is 0 Å². The Morgan fingerprint density at radius 3 is 2.50 bits per heavy atom. The molecule has 1 saturated heterocycles. The molecule has 0 bridgehead atoms. The zero-order chi connectivity index (χ0) is 12.0. The Bertz CT molecular complexity index is 194. The van der Waals surface area contributed by atoms with Gasteiger partial charge in [0.2, 0.25) is 0 Å². The molecule has 0 aromatic heterocycles. The number of ether oxygens (including phenoxy) is 3. The fourth-order valence-electron chi connectivity index (χ4n) is 1.52. The molecule has 0 aromatic carbocycles. The molecule has 1 atom stereocenters. The predicted molar refractivity (Wildman–Crippen MR) is 61.7 cm³/mol. The van der Waals surface area contributed by atoms with Gasteiger partial charge in [0.1, 0.15) is 0 Å². The van der Waals surface area contributed by atoms with Crippen molar-refractivity contribution in [1.29, 1.82) is 0 Å². The molecule has 0 radical (unpaired) electrons. The second kappa shape index (κ2) is 6.51. The van der Waals surface area contributed by atoms with E-state index in [2.05, 4.69) is 6.92 Å². The van der Waals surface area contributed by atoms with Gasteiger partial charge in [-0.25, -0.2) is 0 Å². The monoisotopic (exact) mass is 232 g/mol. The van der Waals surface area contributed by atoms with Crippen LogP contribution in [0.15, 0.2) is 0 Å². The van der Waals surface area contributed by atoms with Gasteiger partial charge < -0.3 is 25.7 Å². The van der Waals surface area contributed by atoms with Crippen molar-refractivity contribution < 1.29 is 14.2 Å². The third-order valence-electron chi connectivity index (χ3n) is 2.63. The smallest absolute Gasteiger partial charge is 0.283 e. The van der Waals surface area contributed by atoms with Gasteiger partial charge in [0.25, 0.3) is 5.97 Å². The molecular formula is C11H24N2O3. The molecule has 0 aromatic rings. The van der Waals surface area contributed by atoms with E-state index in [0.29, 0.717) is 26.2 Å². The Balaban J connectivity index is 2.45. The van der Waals surface area contributed by atoms with Crippen LogP contribution < -0.4 is 11.5 Å². The maximum absolute atomic E-state index is 5.81. The van der Waals surface area contributed by atoms with E-state index in [1.165, 1.54) is 0 Å². The second-order valence-electron chi connectivity index (χ2n) is 4.29. The van der Waals surface area contributed by atoms with E-state index in [-0.39, 0.29) is 12.1 Å². The van der Waals surface area contributed by atoms with Crippen molar-refractivity contribution in [1.82, 2.24) is 0 Å². The normalized spacial score (nSPS) is 32.6. The van der Waals surface area contributed by atoms with E-state index >= 15 is 0 Å². The van der Waals surface area contributed by atoms with Crippen molar-refractivity contribution in [2.75, 3.05) is 19.8 Å². The first-order valence-electron chi connectivity index (χ1n) is 6.05. The molecule has 16 heavy (non-hydrogen) atoms. The SMILES string of the molecule is CCCC1(OCC(N)CC)OCC(N)CO1. The fourth-order valence-corrected chi connectivity index (χ4v) is 1.52. The topological polar surface area (TPSA) is 79.7 Å². The summed E-state index contributed by atoms with van der Waals surface area (Å²) in [6.45, 7) is 5.49. The molecule has 5 heteroatoms. The summed E-state index contributed by atoms with van der Waals surface area (Å²) in [5, 5.41) is 0. The van der Waals surface area contributed by atoms with Gasteiger partial charge in [0, 0.05) is 12.5 Å². The van der Waals surface area contributed by atoms with Crippen LogP contribution in [0.25, 0.3) is 0 Å². The maximum atomic E-state index is 5.81. The van der Waals surface area contributed by atoms with Crippen molar-refractivity contribution in [3.63, 3.8) is 0 Å². The summed E-state index contributed by atoms with van der Waals surface area (Å²) in [7, 11) is 0. The summed E-state index contributed by atoms with van der Waals surface area (Å²) in [6.07, 6.45) is 2.51. The minimum atomic E-state index is -0.919. The summed E-state index contributed by atoms with van der Waals surface area (Å²) < 4.78 is 16.9. The largest absolute Gasteiger partial charge is 0.326 e. The lowest BCUT2D eigenvalue weighted by atomic mass is 10.2. The van der Waals surface area contributed by atoms with E-state index in [0.717, 1.165) is 12.8 Å². The molecule has 4 N–H and O–H groups in total. The van der Waals surface area contributed by atoms with Gasteiger partial charge in [-0.05, 0) is 12.8 Å². The molecule has 0 aliphatic carbocycles. The third-order valence-corrected chi connectivity index (χ3v) is 2.63. The van der Waals surface area contributed by atoms with Crippen LogP contribution in [0.2, 0.25) is 0 Å². The van der Waals surface area contributed by atoms with Gasteiger partial charge in [0.15, 0.2) is 0 Å². The van der Waals surface area contributed by atoms with Crippen LogP contribution in [0, 0.1) is 0 Å². The van der Waals surface area contributed by atoms with Gasteiger partial charge >= 0.3 is 0 Å². The van der Waals surface area contributed by atoms with Crippen LogP contribution in [0.5, 0.6) is 0 Å². The van der Waals surface area contributed by atoms with Crippen molar-refractivity contribution in [3.8, 4) is 0 Å². The summed E-state index contributed by atoms with van der Waals surface area (Å²) in [5.41, 5.74) is 11.5. The molecule has 0 amide bonds. The van der Waals surface area contributed by atoms with Crippen molar-refractivity contribution in [2.45, 2.75) is 51.2 Å². The molecule has 1 rings (SSSR count). The van der Waals surface area contributed by atoms with Crippen LogP contribution in [0.3, 0.4) is 0 Å². The zero-order valence-electron chi connectivity index (χ0n) is 10.3. The molecule has 0 spiro atoms. The Morgan fingerprint density at radius 2 is 2.00 bits per heavy atom. The lowest BCUT2D eigenvalue weighted by Crippen LogP contribution is -2.52. The van der Waals surface area contributed by atoms with E-state index < -0.39 is 5.97 Å². The fraction of sp³-hybridized carbons (Fsp3) is 1.00. The highest BCUT2D eigenvalue weighted by Crippen LogP contribution is 2.25. The van der Waals surface area contributed by atoms with Gasteiger partial charge in [-0.2, -0.15) is 0 Å². The minimum Gasteiger partial charge on any atom is -0.326 e. The summed E-state index contributed by atoms with van der Waals surface area (Å²) >= 11 is 0. The number of nitrogens with two attached hydrogens (primary N) is 2. The van der Waals surface area contributed by atoms with Gasteiger partial charge in [0.05, 0.1) is 25.9 Å². The average Bonchev–Trinajstić information content (AvgIpc) is 2.30. The third kappa shape index (κ3) is 3.99. The van der Waals surface area contributed by atoms with Crippen LogP contribution in [0.4, 0.5) is 0 Å².